The molecule has 2 atom stereocenters. The minimum atomic E-state index is -0.216. The molecule has 21 heavy (non-hydrogen) atoms. The number of hydrogen-bond acceptors (Lipinski definition) is 2. The average molecular weight is 285 g/mol. The van der Waals surface area contributed by atoms with Crippen LogP contribution < -0.4 is 0 Å². The van der Waals surface area contributed by atoms with E-state index in [2.05, 4.69) is 35.8 Å². The second kappa shape index (κ2) is 5.96. The van der Waals surface area contributed by atoms with Gasteiger partial charge in [-0.2, -0.15) is 0 Å². The van der Waals surface area contributed by atoms with Crippen molar-refractivity contribution in [3.63, 3.8) is 0 Å². The molecular weight excluding hydrogens is 265 g/mol. The molecule has 1 aliphatic heterocycles. The van der Waals surface area contributed by atoms with E-state index in [4.69, 9.17) is 4.74 Å². The van der Waals surface area contributed by atoms with Gasteiger partial charge in [0.25, 0.3) is 0 Å². The van der Waals surface area contributed by atoms with E-state index in [9.17, 15) is 4.39 Å². The molecule has 2 nitrogen and oxygen atoms in total. The molecule has 1 saturated heterocycles. The summed E-state index contributed by atoms with van der Waals surface area (Å²) in [6.45, 7) is 6.26. The fourth-order valence-corrected chi connectivity index (χ4v) is 3.08. The van der Waals surface area contributed by atoms with Gasteiger partial charge in [-0.3, -0.25) is 4.90 Å². The maximum Gasteiger partial charge on any atom is 0.123 e. The van der Waals surface area contributed by atoms with Gasteiger partial charge in [0.15, 0.2) is 0 Å². The number of ether oxygens (including phenoxy) is 1. The van der Waals surface area contributed by atoms with Crippen LogP contribution in [0.1, 0.15) is 18.1 Å². The summed E-state index contributed by atoms with van der Waals surface area (Å²) in [5.74, 6) is -0.216. The van der Waals surface area contributed by atoms with Crippen LogP contribution in [0.5, 0.6) is 0 Å². The molecule has 0 spiro atoms. The van der Waals surface area contributed by atoms with Gasteiger partial charge in [0.05, 0.1) is 18.2 Å². The summed E-state index contributed by atoms with van der Waals surface area (Å²) in [7, 11) is 0. The molecule has 2 aliphatic rings. The molecule has 0 aromatic heterocycles. The summed E-state index contributed by atoms with van der Waals surface area (Å²) in [6.07, 6.45) is 11.3. The molecule has 3 rings (SSSR count). The van der Waals surface area contributed by atoms with Crippen LogP contribution in [0.25, 0.3) is 0 Å². The van der Waals surface area contributed by atoms with E-state index < -0.39 is 0 Å². The van der Waals surface area contributed by atoms with Gasteiger partial charge in [-0.05, 0) is 24.1 Å². The highest BCUT2D eigenvalue weighted by Crippen LogP contribution is 2.32. The van der Waals surface area contributed by atoms with E-state index in [-0.39, 0.29) is 17.5 Å². The lowest BCUT2D eigenvalue weighted by Gasteiger charge is -2.44. The van der Waals surface area contributed by atoms with E-state index in [1.165, 1.54) is 6.07 Å². The summed E-state index contributed by atoms with van der Waals surface area (Å²) in [5, 5.41) is 0. The Morgan fingerprint density at radius 1 is 1.38 bits per heavy atom. The summed E-state index contributed by atoms with van der Waals surface area (Å²) >= 11 is 0. The summed E-state index contributed by atoms with van der Waals surface area (Å²) < 4.78 is 19.3. The van der Waals surface area contributed by atoms with E-state index >= 15 is 0 Å². The fourth-order valence-electron chi connectivity index (χ4n) is 3.08. The summed E-state index contributed by atoms with van der Waals surface area (Å²) in [4.78, 5) is 2.37. The van der Waals surface area contributed by atoms with Gasteiger partial charge in [-0.1, -0.05) is 42.5 Å². The Bertz CT molecular complexity index is 580. The van der Waals surface area contributed by atoms with Gasteiger partial charge in [0.1, 0.15) is 5.82 Å². The maximum atomic E-state index is 13.4. The lowest BCUT2D eigenvalue weighted by molar-refractivity contribution is -0.0512. The van der Waals surface area contributed by atoms with Crippen molar-refractivity contribution in [2.75, 3.05) is 19.7 Å². The predicted octanol–water partition coefficient (Wildman–Crippen LogP) is 3.64. The Balaban J connectivity index is 1.81. The van der Waals surface area contributed by atoms with Crippen molar-refractivity contribution in [2.24, 2.45) is 0 Å². The molecule has 0 radical (unpaired) electrons. The van der Waals surface area contributed by atoms with Crippen molar-refractivity contribution in [1.82, 2.24) is 4.90 Å². The molecule has 1 aliphatic carbocycles. The Kier molecular flexibility index (Phi) is 4.04. The van der Waals surface area contributed by atoms with Crippen molar-refractivity contribution < 1.29 is 9.13 Å². The molecular formula is C18H20FNO. The van der Waals surface area contributed by atoms with Crippen LogP contribution in [-0.4, -0.2) is 30.1 Å². The standard InChI is InChI=1S/C18H20FNO/c1-2-18(9-4-3-5-10-18)20-11-12-21-17(14-20)15-7-6-8-16(19)13-15/h2-9,13,17H,1,10-12,14H2/t17-,18+/m1/s1. The molecule has 1 heterocycles. The third kappa shape index (κ3) is 2.85. The molecule has 0 saturated carbocycles. The summed E-state index contributed by atoms with van der Waals surface area (Å²) in [5.41, 5.74) is 0.749. The van der Waals surface area contributed by atoms with E-state index in [1.54, 1.807) is 12.1 Å². The van der Waals surface area contributed by atoms with Crippen LogP contribution in [0.3, 0.4) is 0 Å². The maximum absolute atomic E-state index is 13.4. The number of nitrogens with zero attached hydrogens (tertiary/aromatic N) is 1. The average Bonchev–Trinajstić information content (AvgIpc) is 2.55. The van der Waals surface area contributed by atoms with Crippen LogP contribution in [0, 0.1) is 5.82 Å². The van der Waals surface area contributed by atoms with Gasteiger partial charge in [-0.15, -0.1) is 6.58 Å². The van der Waals surface area contributed by atoms with Crippen LogP contribution in [0.15, 0.2) is 61.2 Å². The normalized spacial score (nSPS) is 29.5. The van der Waals surface area contributed by atoms with E-state index in [0.29, 0.717) is 6.61 Å². The number of hydrogen-bond donors (Lipinski definition) is 0. The van der Waals surface area contributed by atoms with Crippen molar-refractivity contribution >= 4 is 0 Å². The number of morpholine rings is 1. The molecule has 0 unspecified atom stereocenters. The molecule has 0 bridgehead atoms. The smallest absolute Gasteiger partial charge is 0.123 e. The largest absolute Gasteiger partial charge is 0.371 e. The first-order chi connectivity index (χ1) is 10.2. The molecule has 1 aromatic rings. The highest BCUT2D eigenvalue weighted by Gasteiger charge is 2.35. The van der Waals surface area contributed by atoms with E-state index in [0.717, 1.165) is 25.1 Å². The second-order valence-electron chi connectivity index (χ2n) is 5.55. The van der Waals surface area contributed by atoms with Crippen LogP contribution in [-0.2, 0) is 4.74 Å². The molecule has 0 N–H and O–H groups in total. The minimum Gasteiger partial charge on any atom is -0.371 e. The second-order valence-corrected chi connectivity index (χ2v) is 5.55. The first-order valence-corrected chi connectivity index (χ1v) is 7.34. The van der Waals surface area contributed by atoms with Gasteiger partial charge < -0.3 is 4.74 Å². The topological polar surface area (TPSA) is 12.5 Å². The lowest BCUT2D eigenvalue weighted by Crippen LogP contribution is -2.52. The van der Waals surface area contributed by atoms with Crippen LogP contribution in [0.4, 0.5) is 4.39 Å². The Hall–Kier alpha value is -1.71. The molecule has 110 valence electrons. The van der Waals surface area contributed by atoms with Crippen molar-refractivity contribution in [3.05, 3.63) is 72.6 Å². The zero-order valence-electron chi connectivity index (χ0n) is 12.0. The zero-order valence-corrected chi connectivity index (χ0v) is 12.0. The third-order valence-corrected chi connectivity index (χ3v) is 4.31. The molecule has 0 amide bonds. The Morgan fingerprint density at radius 3 is 3.00 bits per heavy atom. The Morgan fingerprint density at radius 2 is 2.29 bits per heavy atom. The summed E-state index contributed by atoms with van der Waals surface area (Å²) in [6, 6.07) is 6.68. The zero-order chi connectivity index (χ0) is 14.7. The monoisotopic (exact) mass is 285 g/mol. The van der Waals surface area contributed by atoms with Crippen molar-refractivity contribution in [1.29, 1.82) is 0 Å². The van der Waals surface area contributed by atoms with Crippen LogP contribution >= 0.6 is 0 Å². The SMILES string of the molecule is C=C[C@]1(N2CCO[C@@H](c3cccc(F)c3)C2)C=CC=CC1. The molecule has 3 heteroatoms. The number of halogens is 1. The fraction of sp³-hybridized carbons (Fsp3) is 0.333. The van der Waals surface area contributed by atoms with E-state index in [1.807, 2.05) is 12.1 Å². The first kappa shape index (κ1) is 14.2. The quantitative estimate of drug-likeness (QED) is 0.786. The number of benzene rings is 1. The van der Waals surface area contributed by atoms with Gasteiger partial charge in [-0.25, -0.2) is 4.39 Å². The van der Waals surface area contributed by atoms with Crippen molar-refractivity contribution in [2.45, 2.75) is 18.1 Å². The number of rotatable bonds is 3. The predicted molar refractivity (Wildman–Crippen MR) is 82.5 cm³/mol. The molecule has 1 aromatic carbocycles. The van der Waals surface area contributed by atoms with Crippen molar-refractivity contribution in [3.8, 4) is 0 Å². The van der Waals surface area contributed by atoms with Gasteiger partial charge in [0, 0.05) is 13.1 Å². The highest BCUT2D eigenvalue weighted by atomic mass is 19.1. The Labute approximate surface area is 125 Å². The minimum absolute atomic E-state index is 0.0921. The number of allylic oxidation sites excluding steroid dienone is 2. The molecule has 1 fully saturated rings. The lowest BCUT2D eigenvalue weighted by atomic mass is 9.88. The first-order valence-electron chi connectivity index (χ1n) is 7.34. The van der Waals surface area contributed by atoms with Gasteiger partial charge >= 0.3 is 0 Å². The van der Waals surface area contributed by atoms with Crippen LogP contribution in [0.2, 0.25) is 0 Å². The van der Waals surface area contributed by atoms with Gasteiger partial charge in [0.2, 0.25) is 0 Å². The third-order valence-electron chi connectivity index (χ3n) is 4.31. The highest BCUT2D eigenvalue weighted by molar-refractivity contribution is 5.28.